The fourth-order valence-electron chi connectivity index (χ4n) is 3.76. The van der Waals surface area contributed by atoms with Gasteiger partial charge in [-0.2, -0.15) is 4.31 Å². The first kappa shape index (κ1) is 18.7. The second-order valence-corrected chi connectivity index (χ2v) is 9.03. The largest absolute Gasteiger partial charge is 0.331 e. The van der Waals surface area contributed by atoms with Crippen LogP contribution < -0.4 is 5.69 Å². The number of fused-ring (bicyclic) bond motifs is 3. The van der Waals surface area contributed by atoms with Crippen molar-refractivity contribution in [2.24, 2.45) is 0 Å². The highest BCUT2D eigenvalue weighted by Gasteiger charge is 2.31. The number of imidazole rings is 1. The lowest BCUT2D eigenvalue weighted by Crippen LogP contribution is -2.38. The molecule has 1 aliphatic rings. The maximum Gasteiger partial charge on any atom is 0.331 e. The molecule has 1 N–H and O–H groups in total. The lowest BCUT2D eigenvalue weighted by molar-refractivity contribution is 0.387. The molecule has 7 nitrogen and oxygen atoms in total. The van der Waals surface area contributed by atoms with Crippen LogP contribution in [0.2, 0.25) is 0 Å². The molecule has 2 aromatic heterocycles. The number of aromatic nitrogens is 3. The lowest BCUT2D eigenvalue weighted by atomic mass is 10.1. The van der Waals surface area contributed by atoms with Crippen LogP contribution in [-0.4, -0.2) is 33.6 Å². The third kappa shape index (κ3) is 2.94. The minimum Gasteiger partial charge on any atom is -0.310 e. The van der Waals surface area contributed by atoms with Crippen molar-refractivity contribution >= 4 is 15.7 Å². The van der Waals surface area contributed by atoms with Crippen LogP contribution in [0, 0.1) is 5.82 Å². The van der Waals surface area contributed by atoms with Crippen LogP contribution in [0.1, 0.15) is 11.3 Å². The van der Waals surface area contributed by atoms with Crippen molar-refractivity contribution in [3.05, 3.63) is 88.4 Å². The molecular weight excluding hydrogens is 407 g/mol. The Kier molecular flexibility index (Phi) is 4.30. The first-order valence-electron chi connectivity index (χ1n) is 9.38. The van der Waals surface area contributed by atoms with Crippen LogP contribution in [0.4, 0.5) is 4.39 Å². The summed E-state index contributed by atoms with van der Waals surface area (Å²) in [5.41, 5.74) is 1.80. The third-order valence-electron chi connectivity index (χ3n) is 5.29. The molecular formula is C21H17FN4O3S. The van der Waals surface area contributed by atoms with Gasteiger partial charge in [0, 0.05) is 42.5 Å². The molecule has 0 saturated heterocycles. The molecule has 5 rings (SSSR count). The van der Waals surface area contributed by atoms with Crippen LogP contribution >= 0.6 is 0 Å². The highest BCUT2D eigenvalue weighted by Crippen LogP contribution is 2.28. The molecule has 152 valence electrons. The number of H-pyrrole nitrogens is 1. The molecule has 2 aromatic carbocycles. The van der Waals surface area contributed by atoms with E-state index in [4.69, 9.17) is 0 Å². The van der Waals surface area contributed by atoms with Gasteiger partial charge < -0.3 is 4.98 Å². The number of benzene rings is 2. The Morgan fingerprint density at radius 1 is 1.03 bits per heavy atom. The van der Waals surface area contributed by atoms with Gasteiger partial charge in [-0.05, 0) is 24.3 Å². The van der Waals surface area contributed by atoms with Crippen molar-refractivity contribution in [1.29, 1.82) is 0 Å². The number of hydrogen-bond donors (Lipinski definition) is 1. The standard InChI is InChI=1S/C21H17FN4O3S/c22-17-9-5-4-8-15(17)19-13-26-20(23-19)16-12-25(11-10-18(16)24-21(26)27)30(28,29)14-6-2-1-3-7-14/h1-9,13H,10-12H2,(H,24,27). The van der Waals surface area contributed by atoms with Gasteiger partial charge in [0.05, 0.1) is 10.6 Å². The molecule has 0 unspecified atom stereocenters. The maximum absolute atomic E-state index is 14.2. The van der Waals surface area contributed by atoms with Crippen LogP contribution in [0.25, 0.3) is 16.9 Å². The first-order valence-corrected chi connectivity index (χ1v) is 10.8. The topological polar surface area (TPSA) is 87.5 Å². The van der Waals surface area contributed by atoms with Crippen LogP contribution in [0.15, 0.2) is 70.5 Å². The van der Waals surface area contributed by atoms with Gasteiger partial charge in [0.15, 0.2) is 0 Å². The van der Waals surface area contributed by atoms with Gasteiger partial charge in [-0.1, -0.05) is 30.3 Å². The fraction of sp³-hybridized carbons (Fsp3) is 0.143. The summed E-state index contributed by atoms with van der Waals surface area (Å²) in [6.07, 6.45) is 1.83. The van der Waals surface area contributed by atoms with Gasteiger partial charge in [-0.15, -0.1) is 0 Å². The van der Waals surface area contributed by atoms with E-state index in [0.717, 1.165) is 0 Å². The Hall–Kier alpha value is -3.30. The number of sulfonamides is 1. The Labute approximate surface area is 171 Å². The summed E-state index contributed by atoms with van der Waals surface area (Å²) in [5, 5.41) is 0. The zero-order valence-corrected chi connectivity index (χ0v) is 16.6. The molecule has 0 saturated carbocycles. The Bertz CT molecular complexity index is 1430. The molecule has 0 spiro atoms. The van der Waals surface area contributed by atoms with Gasteiger partial charge in [0.2, 0.25) is 10.0 Å². The number of nitrogens with one attached hydrogen (secondary N) is 1. The Balaban J connectivity index is 1.63. The molecule has 0 aliphatic carbocycles. The first-order chi connectivity index (χ1) is 14.4. The minimum absolute atomic E-state index is 0.0700. The molecule has 0 atom stereocenters. The normalized spacial score (nSPS) is 14.7. The van der Waals surface area contributed by atoms with Crippen molar-refractivity contribution < 1.29 is 12.8 Å². The average Bonchev–Trinajstić information content (AvgIpc) is 3.21. The van der Waals surface area contributed by atoms with Crippen molar-refractivity contribution in [2.75, 3.05) is 6.54 Å². The van der Waals surface area contributed by atoms with Crippen molar-refractivity contribution in [3.63, 3.8) is 0 Å². The van der Waals surface area contributed by atoms with E-state index in [2.05, 4.69) is 9.97 Å². The van der Waals surface area contributed by atoms with E-state index in [-0.39, 0.29) is 23.5 Å². The maximum atomic E-state index is 14.2. The summed E-state index contributed by atoms with van der Waals surface area (Å²) in [6, 6.07) is 14.4. The molecule has 30 heavy (non-hydrogen) atoms. The monoisotopic (exact) mass is 424 g/mol. The number of halogens is 1. The molecule has 4 aromatic rings. The van der Waals surface area contributed by atoms with Gasteiger partial charge in [-0.25, -0.2) is 22.6 Å². The zero-order valence-electron chi connectivity index (χ0n) is 15.7. The van der Waals surface area contributed by atoms with Crippen LogP contribution in [0.5, 0.6) is 0 Å². The molecule has 3 heterocycles. The summed E-state index contributed by atoms with van der Waals surface area (Å²) in [7, 11) is -3.69. The fourth-order valence-corrected chi connectivity index (χ4v) is 5.19. The smallest absolute Gasteiger partial charge is 0.310 e. The molecule has 9 heteroatoms. The van der Waals surface area contributed by atoms with Gasteiger partial charge in [0.25, 0.3) is 0 Å². The van der Waals surface area contributed by atoms with E-state index in [1.54, 1.807) is 48.5 Å². The van der Waals surface area contributed by atoms with E-state index in [1.807, 2.05) is 0 Å². The number of hydrogen-bond acceptors (Lipinski definition) is 4. The van der Waals surface area contributed by atoms with Crippen LogP contribution in [0.3, 0.4) is 0 Å². The summed E-state index contributed by atoms with van der Waals surface area (Å²) in [6.45, 7) is 0.317. The quantitative estimate of drug-likeness (QED) is 0.548. The third-order valence-corrected chi connectivity index (χ3v) is 7.15. The van der Waals surface area contributed by atoms with Crippen LogP contribution in [-0.2, 0) is 23.0 Å². The summed E-state index contributed by atoms with van der Waals surface area (Å²) >= 11 is 0. The second-order valence-electron chi connectivity index (χ2n) is 7.09. The molecule has 0 fully saturated rings. The average molecular weight is 424 g/mol. The lowest BCUT2D eigenvalue weighted by Gasteiger charge is -2.27. The number of nitrogens with zero attached hydrogens (tertiary/aromatic N) is 3. The molecule has 0 amide bonds. The highest BCUT2D eigenvalue weighted by molar-refractivity contribution is 7.89. The van der Waals surface area contributed by atoms with Crippen molar-refractivity contribution in [3.8, 4) is 11.3 Å². The second kappa shape index (κ2) is 6.89. The van der Waals surface area contributed by atoms with E-state index < -0.39 is 21.5 Å². The summed E-state index contributed by atoms with van der Waals surface area (Å²) < 4.78 is 43.0. The van der Waals surface area contributed by atoms with E-state index in [1.165, 1.54) is 21.0 Å². The van der Waals surface area contributed by atoms with Gasteiger partial charge in [0.1, 0.15) is 11.5 Å². The summed E-state index contributed by atoms with van der Waals surface area (Å²) in [4.78, 5) is 20.0. The van der Waals surface area contributed by atoms with Crippen molar-refractivity contribution in [1.82, 2.24) is 18.7 Å². The number of rotatable bonds is 3. The molecule has 0 bridgehead atoms. The van der Waals surface area contributed by atoms with E-state index in [0.29, 0.717) is 29.0 Å². The predicted molar refractivity (Wildman–Crippen MR) is 109 cm³/mol. The SMILES string of the molecule is O=c1[nH]c2c(c3nc(-c4ccccc4F)cn13)CN(S(=O)(=O)c1ccccc1)CC2. The minimum atomic E-state index is -3.69. The predicted octanol–water partition coefficient (Wildman–Crippen LogP) is 2.58. The van der Waals surface area contributed by atoms with E-state index >= 15 is 0 Å². The molecule has 1 aliphatic heterocycles. The number of aromatic amines is 1. The Morgan fingerprint density at radius 3 is 2.53 bits per heavy atom. The summed E-state index contributed by atoms with van der Waals surface area (Å²) in [5.74, 6) is -0.445. The highest BCUT2D eigenvalue weighted by atomic mass is 32.2. The zero-order chi connectivity index (χ0) is 20.9. The van der Waals surface area contributed by atoms with E-state index in [9.17, 15) is 17.6 Å². The van der Waals surface area contributed by atoms with Gasteiger partial charge in [-0.3, -0.25) is 4.40 Å². The molecule has 0 radical (unpaired) electrons. The Morgan fingerprint density at radius 2 is 1.77 bits per heavy atom. The van der Waals surface area contributed by atoms with Crippen molar-refractivity contribution in [2.45, 2.75) is 17.9 Å². The van der Waals surface area contributed by atoms with Gasteiger partial charge >= 0.3 is 5.69 Å².